The Balaban J connectivity index is 1.51. The second kappa shape index (κ2) is 7.25. The Morgan fingerprint density at radius 2 is 1.71 bits per heavy atom. The molecule has 4 heteroatoms. The van der Waals surface area contributed by atoms with Crippen molar-refractivity contribution in [3.8, 4) is 0 Å². The van der Waals surface area contributed by atoms with Gasteiger partial charge in [-0.3, -0.25) is 4.79 Å². The Morgan fingerprint density at radius 3 is 2.54 bits per heavy atom. The van der Waals surface area contributed by atoms with Gasteiger partial charge in [-0.25, -0.2) is 0 Å². The summed E-state index contributed by atoms with van der Waals surface area (Å²) in [5.74, 6) is 0.661. The molecule has 2 aromatic rings. The molecule has 3 aliphatic rings. The summed E-state index contributed by atoms with van der Waals surface area (Å²) in [6.07, 6.45) is 5.22. The van der Waals surface area contributed by atoms with Crippen LogP contribution in [0.15, 0.2) is 54.6 Å². The van der Waals surface area contributed by atoms with Crippen molar-refractivity contribution in [1.29, 1.82) is 0 Å². The Bertz CT molecular complexity index is 852. The van der Waals surface area contributed by atoms with Crippen LogP contribution in [-0.2, 0) is 4.79 Å². The van der Waals surface area contributed by atoms with Gasteiger partial charge in [-0.2, -0.15) is 0 Å². The van der Waals surface area contributed by atoms with Crippen LogP contribution in [0.1, 0.15) is 55.3 Å². The Labute approximate surface area is 167 Å². The number of nitrogens with one attached hydrogen (secondary N) is 1. The lowest BCUT2D eigenvalue weighted by molar-refractivity contribution is -0.138. The number of nitrogens with zero attached hydrogens (tertiary/aromatic N) is 1. The minimum atomic E-state index is -0.00952. The van der Waals surface area contributed by atoms with Crippen LogP contribution < -0.4 is 11.1 Å². The van der Waals surface area contributed by atoms with Crippen molar-refractivity contribution in [2.45, 2.75) is 50.2 Å². The topological polar surface area (TPSA) is 58.4 Å². The van der Waals surface area contributed by atoms with Gasteiger partial charge in [-0.05, 0) is 36.5 Å². The first-order chi connectivity index (χ1) is 13.7. The molecule has 2 aromatic carbocycles. The van der Waals surface area contributed by atoms with E-state index in [2.05, 4.69) is 64.8 Å². The minimum absolute atomic E-state index is 0.00952. The third kappa shape index (κ3) is 2.91. The Hall–Kier alpha value is -2.33. The maximum atomic E-state index is 13.5. The summed E-state index contributed by atoms with van der Waals surface area (Å²) in [7, 11) is 0. The standard InChI is InChI=1S/C24H29N3O/c25-20-12-6-4-10-17(20)24(28)27-15-14-19-22(16-8-2-1-3-9-16)26-21-13-7-5-11-18(21)23(19)27/h1-3,5,7-9,11,13,17,19-20,22-23,26H,4,6,10,12,14-15,25H2/t17-,19+,20+,22+,23+/m0/s1. The predicted octanol–water partition coefficient (Wildman–Crippen LogP) is 4.26. The summed E-state index contributed by atoms with van der Waals surface area (Å²) >= 11 is 0. The fourth-order valence-electron chi connectivity index (χ4n) is 5.64. The van der Waals surface area contributed by atoms with Gasteiger partial charge < -0.3 is 16.0 Å². The number of rotatable bonds is 2. The highest BCUT2D eigenvalue weighted by atomic mass is 16.2. The summed E-state index contributed by atoms with van der Waals surface area (Å²) in [6, 6.07) is 19.6. The molecule has 0 radical (unpaired) electrons. The van der Waals surface area contributed by atoms with E-state index in [1.54, 1.807) is 0 Å². The third-order valence-electron chi connectivity index (χ3n) is 7.04. The molecule has 146 valence electrons. The Morgan fingerprint density at radius 1 is 0.964 bits per heavy atom. The first-order valence-electron chi connectivity index (χ1n) is 10.7. The molecule has 2 heterocycles. The van der Waals surface area contributed by atoms with Crippen LogP contribution in [0.4, 0.5) is 5.69 Å². The third-order valence-corrected chi connectivity index (χ3v) is 7.04. The number of carbonyl (C=O) groups excluding carboxylic acids is 1. The van der Waals surface area contributed by atoms with Crippen LogP contribution in [0.2, 0.25) is 0 Å². The largest absolute Gasteiger partial charge is 0.378 e. The number of fused-ring (bicyclic) bond motifs is 3. The highest BCUT2D eigenvalue weighted by Crippen LogP contribution is 2.51. The van der Waals surface area contributed by atoms with Gasteiger partial charge in [0.1, 0.15) is 0 Å². The highest BCUT2D eigenvalue weighted by Gasteiger charge is 2.47. The van der Waals surface area contributed by atoms with Gasteiger partial charge in [-0.15, -0.1) is 0 Å². The minimum Gasteiger partial charge on any atom is -0.378 e. The number of anilines is 1. The maximum Gasteiger partial charge on any atom is 0.227 e. The van der Waals surface area contributed by atoms with Gasteiger partial charge in [0.05, 0.1) is 18.0 Å². The van der Waals surface area contributed by atoms with Crippen molar-refractivity contribution in [1.82, 2.24) is 4.90 Å². The number of hydrogen-bond acceptors (Lipinski definition) is 3. The van der Waals surface area contributed by atoms with Crippen molar-refractivity contribution in [2.24, 2.45) is 17.6 Å². The van der Waals surface area contributed by atoms with Gasteiger partial charge >= 0.3 is 0 Å². The number of amides is 1. The summed E-state index contributed by atoms with van der Waals surface area (Å²) < 4.78 is 0. The van der Waals surface area contributed by atoms with Gasteiger partial charge in [0.2, 0.25) is 5.91 Å². The summed E-state index contributed by atoms with van der Waals surface area (Å²) in [5, 5.41) is 3.77. The number of carbonyl (C=O) groups is 1. The normalized spacial score (nSPS) is 31.6. The van der Waals surface area contributed by atoms with E-state index >= 15 is 0 Å². The van der Waals surface area contributed by atoms with E-state index in [1.807, 2.05) is 0 Å². The number of para-hydroxylation sites is 1. The molecule has 1 amide bonds. The molecule has 0 spiro atoms. The lowest BCUT2D eigenvalue weighted by atomic mass is 9.79. The Kier molecular flexibility index (Phi) is 4.59. The highest BCUT2D eigenvalue weighted by molar-refractivity contribution is 5.81. The van der Waals surface area contributed by atoms with Gasteiger partial charge in [-0.1, -0.05) is 61.4 Å². The molecule has 5 rings (SSSR count). The zero-order valence-corrected chi connectivity index (χ0v) is 16.3. The molecule has 1 saturated carbocycles. The predicted molar refractivity (Wildman–Crippen MR) is 112 cm³/mol. The van der Waals surface area contributed by atoms with E-state index in [-0.39, 0.29) is 30.0 Å². The number of nitrogens with two attached hydrogens (primary N) is 1. The molecule has 28 heavy (non-hydrogen) atoms. The van der Waals surface area contributed by atoms with Crippen LogP contribution in [0.25, 0.3) is 0 Å². The van der Waals surface area contributed by atoms with Gasteiger partial charge in [0.15, 0.2) is 0 Å². The van der Waals surface area contributed by atoms with Crippen molar-refractivity contribution in [3.63, 3.8) is 0 Å². The number of likely N-dealkylation sites (tertiary alicyclic amines) is 1. The van der Waals surface area contributed by atoms with Gasteiger partial charge in [0, 0.05) is 24.2 Å². The van der Waals surface area contributed by atoms with Crippen molar-refractivity contribution in [2.75, 3.05) is 11.9 Å². The number of benzene rings is 2. The fourth-order valence-corrected chi connectivity index (χ4v) is 5.64. The van der Waals surface area contributed by atoms with Crippen LogP contribution in [0.5, 0.6) is 0 Å². The molecule has 0 bridgehead atoms. The average molecular weight is 376 g/mol. The quantitative estimate of drug-likeness (QED) is 0.824. The molecular weight excluding hydrogens is 346 g/mol. The van der Waals surface area contributed by atoms with E-state index < -0.39 is 0 Å². The zero-order valence-electron chi connectivity index (χ0n) is 16.3. The van der Waals surface area contributed by atoms with Crippen molar-refractivity contribution in [3.05, 3.63) is 65.7 Å². The first-order valence-corrected chi connectivity index (χ1v) is 10.7. The molecule has 2 aliphatic heterocycles. The lowest BCUT2D eigenvalue weighted by Crippen LogP contribution is -2.46. The summed E-state index contributed by atoms with van der Waals surface area (Å²) in [4.78, 5) is 15.7. The molecule has 3 N–H and O–H groups in total. The fraction of sp³-hybridized carbons (Fsp3) is 0.458. The van der Waals surface area contributed by atoms with Crippen LogP contribution in [-0.4, -0.2) is 23.4 Å². The molecule has 0 aromatic heterocycles. The molecule has 0 unspecified atom stereocenters. The van der Waals surface area contributed by atoms with E-state index in [0.29, 0.717) is 5.92 Å². The summed E-state index contributed by atoms with van der Waals surface area (Å²) in [6.45, 7) is 0.830. The average Bonchev–Trinajstić information content (AvgIpc) is 3.19. The lowest BCUT2D eigenvalue weighted by Gasteiger charge is -2.41. The maximum absolute atomic E-state index is 13.5. The van der Waals surface area contributed by atoms with Crippen molar-refractivity contribution >= 4 is 11.6 Å². The molecule has 2 fully saturated rings. The van der Waals surface area contributed by atoms with Crippen LogP contribution >= 0.6 is 0 Å². The molecule has 1 aliphatic carbocycles. The second-order valence-corrected chi connectivity index (χ2v) is 8.60. The molecule has 4 nitrogen and oxygen atoms in total. The van der Waals surface area contributed by atoms with E-state index in [4.69, 9.17) is 5.73 Å². The zero-order chi connectivity index (χ0) is 19.1. The van der Waals surface area contributed by atoms with E-state index in [9.17, 15) is 4.79 Å². The molecular formula is C24H29N3O. The van der Waals surface area contributed by atoms with E-state index in [0.717, 1.165) is 44.3 Å². The van der Waals surface area contributed by atoms with Crippen molar-refractivity contribution < 1.29 is 4.79 Å². The van der Waals surface area contributed by atoms with Gasteiger partial charge in [0.25, 0.3) is 0 Å². The van der Waals surface area contributed by atoms with Crippen LogP contribution in [0, 0.1) is 11.8 Å². The SMILES string of the molecule is N[C@@H]1CCCC[C@@H]1C(=O)N1CC[C@@H]2[C@@H](c3ccccc3)Nc3ccccc3[C@H]21. The second-order valence-electron chi connectivity index (χ2n) is 8.60. The monoisotopic (exact) mass is 375 g/mol. The smallest absolute Gasteiger partial charge is 0.227 e. The molecule has 5 atom stereocenters. The first kappa shape index (κ1) is 17.7. The van der Waals surface area contributed by atoms with Crippen LogP contribution in [0.3, 0.4) is 0 Å². The molecule has 1 saturated heterocycles. The number of hydrogen-bond donors (Lipinski definition) is 2. The van der Waals surface area contributed by atoms with E-state index in [1.165, 1.54) is 11.1 Å². The summed E-state index contributed by atoms with van der Waals surface area (Å²) in [5.41, 5.74) is 10.1.